The van der Waals surface area contributed by atoms with Crippen molar-refractivity contribution in [3.8, 4) is 11.6 Å². The van der Waals surface area contributed by atoms with Crippen molar-refractivity contribution in [3.63, 3.8) is 0 Å². The van der Waals surface area contributed by atoms with Gasteiger partial charge in [0.2, 0.25) is 11.8 Å². The zero-order valence-corrected chi connectivity index (χ0v) is 16.5. The first-order valence-electron chi connectivity index (χ1n) is 9.09. The van der Waals surface area contributed by atoms with Gasteiger partial charge in [-0.05, 0) is 37.6 Å². The maximum absolute atomic E-state index is 12.6. The van der Waals surface area contributed by atoms with Gasteiger partial charge in [-0.1, -0.05) is 13.0 Å². The van der Waals surface area contributed by atoms with Crippen molar-refractivity contribution in [3.05, 3.63) is 54.5 Å². The van der Waals surface area contributed by atoms with E-state index >= 15 is 0 Å². The lowest BCUT2D eigenvalue weighted by atomic mass is 10.2. The van der Waals surface area contributed by atoms with Crippen LogP contribution in [0.3, 0.4) is 0 Å². The Kier molecular flexibility index (Phi) is 5.88. The first-order chi connectivity index (χ1) is 13.5. The Morgan fingerprint density at radius 3 is 2.79 bits per heavy atom. The van der Waals surface area contributed by atoms with E-state index in [-0.39, 0.29) is 12.0 Å². The molecule has 2 heterocycles. The second-order valence-corrected chi connectivity index (χ2v) is 6.61. The largest absolute Gasteiger partial charge is 0.475 e. The molecule has 0 saturated heterocycles. The van der Waals surface area contributed by atoms with Crippen LogP contribution in [0.25, 0.3) is 5.69 Å². The number of nitrogens with one attached hydrogen (secondary N) is 1. The van der Waals surface area contributed by atoms with Crippen LogP contribution in [0.2, 0.25) is 0 Å². The number of carbonyl (C=O) groups is 1. The Bertz CT molecular complexity index is 953. The minimum absolute atomic E-state index is 0.0391. The van der Waals surface area contributed by atoms with E-state index in [1.807, 2.05) is 57.1 Å². The maximum Gasteiger partial charge on any atom is 0.255 e. The van der Waals surface area contributed by atoms with Gasteiger partial charge in [-0.3, -0.25) is 4.79 Å². The summed E-state index contributed by atoms with van der Waals surface area (Å²) in [6.07, 6.45) is 4.11. The molecule has 0 radical (unpaired) electrons. The summed E-state index contributed by atoms with van der Waals surface area (Å²) in [5.41, 5.74) is 1.94. The highest BCUT2D eigenvalue weighted by atomic mass is 16.5. The van der Waals surface area contributed by atoms with Crippen molar-refractivity contribution in [1.29, 1.82) is 0 Å². The Balaban J connectivity index is 1.75. The van der Waals surface area contributed by atoms with Crippen LogP contribution >= 0.6 is 0 Å². The predicted molar refractivity (Wildman–Crippen MR) is 108 cm³/mol. The second-order valence-electron chi connectivity index (χ2n) is 6.61. The molecular weight excluding hydrogens is 356 g/mol. The van der Waals surface area contributed by atoms with E-state index in [0.29, 0.717) is 23.1 Å². The topological polar surface area (TPSA) is 85.2 Å². The fourth-order valence-electron chi connectivity index (χ4n) is 2.42. The number of carbonyl (C=O) groups excluding carboxylic acids is 1. The van der Waals surface area contributed by atoms with Gasteiger partial charge < -0.3 is 15.0 Å². The van der Waals surface area contributed by atoms with Crippen LogP contribution in [0.15, 0.2) is 48.9 Å². The number of anilines is 2. The van der Waals surface area contributed by atoms with E-state index in [1.165, 1.54) is 0 Å². The van der Waals surface area contributed by atoms with Crippen LogP contribution in [0.1, 0.15) is 30.6 Å². The summed E-state index contributed by atoms with van der Waals surface area (Å²) in [4.78, 5) is 22.9. The molecule has 0 aliphatic rings. The standard InChI is InChI=1S/C20H24N6O2/c1-5-14(2)28-18-11-15(9-10-21-18)19(27)23-16-7-6-8-17(12-16)26-13-22-20(24-26)25(3)4/h6-14H,5H2,1-4H3,(H,23,27). The highest BCUT2D eigenvalue weighted by Gasteiger charge is 2.11. The quantitative estimate of drug-likeness (QED) is 0.678. The third kappa shape index (κ3) is 4.64. The van der Waals surface area contributed by atoms with Crippen molar-refractivity contribution in [2.45, 2.75) is 26.4 Å². The maximum atomic E-state index is 12.6. The van der Waals surface area contributed by atoms with Crippen LogP contribution in [0, 0.1) is 0 Å². The molecule has 0 aliphatic heterocycles. The van der Waals surface area contributed by atoms with Gasteiger partial charge in [0.05, 0.1) is 11.8 Å². The third-order valence-corrected chi connectivity index (χ3v) is 4.14. The Labute approximate surface area is 164 Å². The number of rotatable bonds is 7. The van der Waals surface area contributed by atoms with Gasteiger partial charge in [0.25, 0.3) is 5.91 Å². The minimum Gasteiger partial charge on any atom is -0.475 e. The van der Waals surface area contributed by atoms with Crippen LogP contribution in [-0.2, 0) is 0 Å². The summed E-state index contributed by atoms with van der Waals surface area (Å²) in [5.74, 6) is 0.816. The lowest BCUT2D eigenvalue weighted by Crippen LogP contribution is -2.14. The summed E-state index contributed by atoms with van der Waals surface area (Å²) >= 11 is 0. The van der Waals surface area contributed by atoms with E-state index in [2.05, 4.69) is 20.4 Å². The number of hydrogen-bond donors (Lipinski definition) is 1. The summed E-state index contributed by atoms with van der Waals surface area (Å²) < 4.78 is 7.35. The van der Waals surface area contributed by atoms with Gasteiger partial charge in [0.15, 0.2) is 0 Å². The number of benzene rings is 1. The van der Waals surface area contributed by atoms with E-state index in [9.17, 15) is 4.79 Å². The van der Waals surface area contributed by atoms with Crippen molar-refractivity contribution >= 4 is 17.5 Å². The van der Waals surface area contributed by atoms with Crippen LogP contribution < -0.4 is 15.0 Å². The number of aromatic nitrogens is 4. The van der Waals surface area contributed by atoms with E-state index in [1.54, 1.807) is 29.3 Å². The second kappa shape index (κ2) is 8.51. The number of amides is 1. The molecule has 2 aromatic heterocycles. The Morgan fingerprint density at radius 1 is 1.25 bits per heavy atom. The average molecular weight is 380 g/mol. The molecule has 0 spiro atoms. The molecule has 28 heavy (non-hydrogen) atoms. The highest BCUT2D eigenvalue weighted by molar-refractivity contribution is 6.04. The molecule has 1 aromatic carbocycles. The van der Waals surface area contributed by atoms with Gasteiger partial charge in [-0.15, -0.1) is 5.10 Å². The molecule has 0 saturated carbocycles. The normalized spacial score (nSPS) is 11.7. The SMILES string of the molecule is CCC(C)Oc1cc(C(=O)Nc2cccc(-n3cnc(N(C)C)n3)c2)ccn1. The number of nitrogens with zero attached hydrogens (tertiary/aromatic N) is 5. The average Bonchev–Trinajstić information content (AvgIpc) is 3.19. The van der Waals surface area contributed by atoms with Crippen molar-refractivity contribution in [2.24, 2.45) is 0 Å². The highest BCUT2D eigenvalue weighted by Crippen LogP contribution is 2.18. The Hall–Kier alpha value is -3.42. The molecule has 1 atom stereocenters. The number of ether oxygens (including phenoxy) is 1. The zero-order valence-electron chi connectivity index (χ0n) is 16.5. The Morgan fingerprint density at radius 2 is 2.07 bits per heavy atom. The molecule has 0 aliphatic carbocycles. The van der Waals surface area contributed by atoms with Gasteiger partial charge in [0, 0.05) is 37.6 Å². The zero-order chi connectivity index (χ0) is 20.1. The molecule has 146 valence electrons. The first-order valence-corrected chi connectivity index (χ1v) is 9.09. The lowest BCUT2D eigenvalue weighted by molar-refractivity contribution is 0.102. The third-order valence-electron chi connectivity index (χ3n) is 4.14. The molecule has 0 bridgehead atoms. The van der Waals surface area contributed by atoms with Crippen molar-refractivity contribution < 1.29 is 9.53 Å². The van der Waals surface area contributed by atoms with E-state index < -0.39 is 0 Å². The molecule has 3 aromatic rings. The molecule has 8 nitrogen and oxygen atoms in total. The first kappa shape index (κ1) is 19.3. The molecule has 1 amide bonds. The minimum atomic E-state index is -0.235. The number of pyridine rings is 1. The van der Waals surface area contributed by atoms with Gasteiger partial charge in [0.1, 0.15) is 6.33 Å². The summed E-state index contributed by atoms with van der Waals surface area (Å²) in [6, 6.07) is 10.7. The van der Waals surface area contributed by atoms with Gasteiger partial charge >= 0.3 is 0 Å². The smallest absolute Gasteiger partial charge is 0.255 e. The lowest BCUT2D eigenvalue weighted by Gasteiger charge is -2.12. The van der Waals surface area contributed by atoms with Crippen LogP contribution in [-0.4, -0.2) is 45.9 Å². The summed E-state index contributed by atoms with van der Waals surface area (Å²) in [6.45, 7) is 4.00. The molecule has 0 fully saturated rings. The van der Waals surface area contributed by atoms with Crippen molar-refractivity contribution in [2.75, 3.05) is 24.3 Å². The van der Waals surface area contributed by atoms with Crippen molar-refractivity contribution in [1.82, 2.24) is 19.7 Å². The summed E-state index contributed by atoms with van der Waals surface area (Å²) in [7, 11) is 3.76. The summed E-state index contributed by atoms with van der Waals surface area (Å²) in [5, 5.41) is 7.30. The number of hydrogen-bond acceptors (Lipinski definition) is 6. The molecule has 3 rings (SSSR count). The fourth-order valence-corrected chi connectivity index (χ4v) is 2.42. The molecule has 1 N–H and O–H groups in total. The molecule has 8 heteroatoms. The fraction of sp³-hybridized carbons (Fsp3) is 0.300. The molecular formula is C20H24N6O2. The monoisotopic (exact) mass is 380 g/mol. The van der Waals surface area contributed by atoms with Gasteiger partial charge in [-0.2, -0.15) is 4.98 Å². The van der Waals surface area contributed by atoms with Crippen LogP contribution in [0.4, 0.5) is 11.6 Å². The predicted octanol–water partition coefficient (Wildman–Crippen LogP) is 3.16. The van der Waals surface area contributed by atoms with E-state index in [4.69, 9.17) is 4.74 Å². The molecule has 1 unspecified atom stereocenters. The van der Waals surface area contributed by atoms with E-state index in [0.717, 1.165) is 12.1 Å². The van der Waals surface area contributed by atoms with Crippen LogP contribution in [0.5, 0.6) is 5.88 Å². The van der Waals surface area contributed by atoms with Gasteiger partial charge in [-0.25, -0.2) is 9.67 Å².